The largest absolute Gasteiger partial charge is 0.465 e. The fraction of sp³-hybridized carbons (Fsp3) is 0.360. The first-order chi connectivity index (χ1) is 19.1. The molecule has 0 aromatic carbocycles. The number of carboxylic acid groups (broad SMARTS) is 1. The Balaban J connectivity index is 1.48. The molecule has 4 aromatic rings. The molecule has 14 nitrogen and oxygen atoms in total. The second kappa shape index (κ2) is 10.8. The van der Waals surface area contributed by atoms with E-state index in [1.807, 2.05) is 10.3 Å². The zero-order valence-electron chi connectivity index (χ0n) is 22.1. The summed E-state index contributed by atoms with van der Waals surface area (Å²) in [7, 11) is 0. The van der Waals surface area contributed by atoms with Gasteiger partial charge in [0.1, 0.15) is 11.5 Å². The summed E-state index contributed by atoms with van der Waals surface area (Å²) >= 11 is 1.35. The number of aromatic amines is 1. The molecule has 0 unspecified atom stereocenters. The SMILES string of the molecule is CC(C)(C)c1csc(NC(=O)c2ccn3c(=O)c(/C=C/c4nn[nH]n4)c(N4CCC(NC(=O)O)CC4)nc3c2)n1. The zero-order chi connectivity index (χ0) is 28.4. The van der Waals surface area contributed by atoms with E-state index in [9.17, 15) is 14.4 Å². The van der Waals surface area contributed by atoms with Gasteiger partial charge in [-0.15, -0.1) is 21.5 Å². The Morgan fingerprint density at radius 1 is 1.20 bits per heavy atom. The number of fused-ring (bicyclic) bond motifs is 1. The second-order valence-corrected chi connectivity index (χ2v) is 11.2. The smallest absolute Gasteiger partial charge is 0.404 e. The molecule has 1 aliphatic heterocycles. The highest BCUT2D eigenvalue weighted by molar-refractivity contribution is 7.14. The predicted octanol–water partition coefficient (Wildman–Crippen LogP) is 2.62. The van der Waals surface area contributed by atoms with E-state index in [0.29, 0.717) is 59.5 Å². The molecule has 1 fully saturated rings. The minimum Gasteiger partial charge on any atom is -0.465 e. The van der Waals surface area contributed by atoms with Gasteiger partial charge in [-0.05, 0) is 42.3 Å². The number of rotatable bonds is 6. The molecule has 0 spiro atoms. The van der Waals surface area contributed by atoms with E-state index < -0.39 is 6.09 Å². The molecule has 1 saturated heterocycles. The van der Waals surface area contributed by atoms with Crippen LogP contribution in [0.15, 0.2) is 28.5 Å². The number of carbonyl (C=O) groups excluding carboxylic acids is 1. The number of carbonyl (C=O) groups is 2. The average Bonchev–Trinajstić information content (AvgIpc) is 3.60. The van der Waals surface area contributed by atoms with Crippen LogP contribution < -0.4 is 21.1 Å². The van der Waals surface area contributed by atoms with Crippen LogP contribution in [0.2, 0.25) is 0 Å². The van der Waals surface area contributed by atoms with Gasteiger partial charge in [0.2, 0.25) is 0 Å². The molecule has 4 N–H and O–H groups in total. The Hall–Kier alpha value is -4.66. The zero-order valence-corrected chi connectivity index (χ0v) is 22.9. The predicted molar refractivity (Wildman–Crippen MR) is 150 cm³/mol. The molecule has 4 aromatic heterocycles. The van der Waals surface area contributed by atoms with Gasteiger partial charge in [0.05, 0.1) is 11.3 Å². The molecular weight excluding hydrogens is 536 g/mol. The Kier molecular flexibility index (Phi) is 7.30. The summed E-state index contributed by atoms with van der Waals surface area (Å²) in [5.41, 5.74) is 1.33. The van der Waals surface area contributed by atoms with Crippen molar-refractivity contribution >= 4 is 52.1 Å². The first-order valence-electron chi connectivity index (χ1n) is 12.6. The van der Waals surface area contributed by atoms with E-state index in [-0.39, 0.29) is 22.9 Å². The summed E-state index contributed by atoms with van der Waals surface area (Å²) < 4.78 is 1.37. The third kappa shape index (κ3) is 5.83. The lowest BCUT2D eigenvalue weighted by Crippen LogP contribution is -2.45. The minimum atomic E-state index is -1.07. The number of amides is 2. The lowest BCUT2D eigenvalue weighted by molar-refractivity contribution is 0.102. The number of hydrogen-bond donors (Lipinski definition) is 4. The lowest BCUT2D eigenvalue weighted by atomic mass is 9.93. The van der Waals surface area contributed by atoms with Crippen LogP contribution in [0.3, 0.4) is 0 Å². The lowest BCUT2D eigenvalue weighted by Gasteiger charge is -2.33. The molecule has 1 aliphatic rings. The maximum Gasteiger partial charge on any atom is 0.404 e. The van der Waals surface area contributed by atoms with Crippen molar-refractivity contribution in [1.82, 2.24) is 40.3 Å². The first kappa shape index (κ1) is 26.9. The molecular formula is C25H28N10O4S. The normalized spacial score (nSPS) is 14.6. The molecule has 2 amide bonds. The Morgan fingerprint density at radius 3 is 2.62 bits per heavy atom. The monoisotopic (exact) mass is 564 g/mol. The highest BCUT2D eigenvalue weighted by Gasteiger charge is 2.25. The van der Waals surface area contributed by atoms with Crippen LogP contribution in [0.1, 0.15) is 61.1 Å². The molecule has 0 bridgehead atoms. The molecule has 5 rings (SSSR count). The standard InChI is InChI=1S/C25H28N10O4S/c1-25(2,3)17-13-40-23(27-17)29-21(36)14-6-11-35-19(12-14)28-20(34-9-7-15(8-10-34)26-24(38)39)16(22(35)37)4-5-18-30-32-33-31-18/h4-6,11-13,15,26H,7-10H2,1-3H3,(H,38,39)(H,27,29,36)(H,30,31,32,33)/b5-4+. The highest BCUT2D eigenvalue weighted by atomic mass is 32.1. The van der Waals surface area contributed by atoms with Crippen molar-refractivity contribution in [3.8, 4) is 0 Å². The van der Waals surface area contributed by atoms with Crippen molar-refractivity contribution in [2.75, 3.05) is 23.3 Å². The molecule has 5 heterocycles. The third-order valence-electron chi connectivity index (χ3n) is 6.48. The van der Waals surface area contributed by atoms with E-state index in [0.717, 1.165) is 5.69 Å². The Labute approximate surface area is 232 Å². The molecule has 15 heteroatoms. The van der Waals surface area contributed by atoms with Crippen LogP contribution in [0.25, 0.3) is 17.8 Å². The van der Waals surface area contributed by atoms with E-state index >= 15 is 0 Å². The fourth-order valence-corrected chi connectivity index (χ4v) is 5.25. The van der Waals surface area contributed by atoms with E-state index in [1.165, 1.54) is 21.9 Å². The number of aromatic nitrogens is 7. The highest BCUT2D eigenvalue weighted by Crippen LogP contribution is 2.27. The van der Waals surface area contributed by atoms with Crippen molar-refractivity contribution < 1.29 is 14.7 Å². The van der Waals surface area contributed by atoms with Gasteiger partial charge in [0.15, 0.2) is 11.0 Å². The summed E-state index contributed by atoms with van der Waals surface area (Å²) in [6, 6.07) is 2.93. The number of piperidine rings is 1. The number of pyridine rings is 1. The summed E-state index contributed by atoms with van der Waals surface area (Å²) in [5, 5.41) is 30.5. The van der Waals surface area contributed by atoms with Gasteiger partial charge in [0, 0.05) is 41.7 Å². The summed E-state index contributed by atoms with van der Waals surface area (Å²) in [4.78, 5) is 49.0. The van der Waals surface area contributed by atoms with Crippen molar-refractivity contribution in [3.63, 3.8) is 0 Å². The second-order valence-electron chi connectivity index (χ2n) is 10.4. The molecule has 0 atom stereocenters. The van der Waals surface area contributed by atoms with Crippen molar-refractivity contribution in [2.24, 2.45) is 0 Å². The maximum absolute atomic E-state index is 13.6. The molecule has 0 saturated carbocycles. The van der Waals surface area contributed by atoms with Crippen LogP contribution in [0.4, 0.5) is 15.7 Å². The first-order valence-corrected chi connectivity index (χ1v) is 13.5. The van der Waals surface area contributed by atoms with Gasteiger partial charge < -0.3 is 15.3 Å². The average molecular weight is 565 g/mol. The van der Waals surface area contributed by atoms with Gasteiger partial charge in [-0.2, -0.15) is 5.21 Å². The third-order valence-corrected chi connectivity index (χ3v) is 7.24. The van der Waals surface area contributed by atoms with Crippen molar-refractivity contribution in [2.45, 2.75) is 45.1 Å². The molecule has 0 radical (unpaired) electrons. The van der Waals surface area contributed by atoms with Gasteiger partial charge in [-0.1, -0.05) is 20.8 Å². The van der Waals surface area contributed by atoms with Crippen LogP contribution in [0, 0.1) is 0 Å². The number of nitrogens with one attached hydrogen (secondary N) is 3. The van der Waals surface area contributed by atoms with E-state index in [2.05, 4.69) is 57.0 Å². The van der Waals surface area contributed by atoms with Crippen LogP contribution in [-0.2, 0) is 5.41 Å². The fourth-order valence-electron chi connectivity index (χ4n) is 4.32. The Bertz CT molecular complexity index is 1630. The van der Waals surface area contributed by atoms with Crippen LogP contribution in [0.5, 0.6) is 0 Å². The maximum atomic E-state index is 13.6. The number of hydrogen-bond acceptors (Lipinski definition) is 10. The van der Waals surface area contributed by atoms with Crippen LogP contribution >= 0.6 is 11.3 Å². The molecule has 0 aliphatic carbocycles. The van der Waals surface area contributed by atoms with Gasteiger partial charge in [-0.25, -0.2) is 14.8 Å². The molecule has 40 heavy (non-hydrogen) atoms. The summed E-state index contributed by atoms with van der Waals surface area (Å²) in [5.74, 6) is 0.351. The van der Waals surface area contributed by atoms with Gasteiger partial charge in [-0.3, -0.25) is 19.3 Å². The number of thiazole rings is 1. The van der Waals surface area contributed by atoms with Crippen molar-refractivity contribution in [3.05, 3.63) is 56.7 Å². The summed E-state index contributed by atoms with van der Waals surface area (Å²) in [6.45, 7) is 7.12. The quantitative estimate of drug-likeness (QED) is 0.271. The molecule has 208 valence electrons. The van der Waals surface area contributed by atoms with Gasteiger partial charge in [0.25, 0.3) is 11.5 Å². The number of nitrogens with zero attached hydrogens (tertiary/aromatic N) is 7. The Morgan fingerprint density at radius 2 is 1.98 bits per heavy atom. The number of tetrazole rings is 1. The van der Waals surface area contributed by atoms with Crippen molar-refractivity contribution in [1.29, 1.82) is 0 Å². The van der Waals surface area contributed by atoms with E-state index in [4.69, 9.17) is 10.1 Å². The minimum absolute atomic E-state index is 0.141. The number of H-pyrrole nitrogens is 1. The van der Waals surface area contributed by atoms with Crippen LogP contribution in [-0.4, -0.2) is 71.2 Å². The number of anilines is 2. The topological polar surface area (TPSA) is 183 Å². The summed E-state index contributed by atoms with van der Waals surface area (Å²) in [6.07, 6.45) is 4.68. The van der Waals surface area contributed by atoms with E-state index in [1.54, 1.807) is 24.3 Å². The van der Waals surface area contributed by atoms with Gasteiger partial charge >= 0.3 is 6.09 Å².